The monoisotopic (exact) mass is 614 g/mol. The summed E-state index contributed by atoms with van der Waals surface area (Å²) >= 11 is 0. The van der Waals surface area contributed by atoms with Gasteiger partial charge in [-0.15, -0.1) is 17.0 Å². The molecule has 0 amide bonds. The molecule has 210 valence electrons. The highest BCUT2D eigenvalue weighted by Crippen LogP contribution is 2.30. The molecule has 0 atom stereocenters. The number of ether oxygens (including phenoxy) is 1. The number of H-pyrrole nitrogens is 1. The first-order valence-electron chi connectivity index (χ1n) is 13.6. The summed E-state index contributed by atoms with van der Waals surface area (Å²) in [7, 11) is 0. The van der Waals surface area contributed by atoms with Crippen LogP contribution in [0, 0.1) is 6.92 Å². The zero-order valence-electron chi connectivity index (χ0n) is 22.9. The number of rotatable bonds is 9. The van der Waals surface area contributed by atoms with Crippen molar-refractivity contribution in [2.75, 3.05) is 0 Å². The number of nitrogens with one attached hydrogen (secondary N) is 1. The second kappa shape index (κ2) is 12.1. The number of nitrogens with zero attached hydrogens (tertiary/aromatic N) is 3. The summed E-state index contributed by atoms with van der Waals surface area (Å²) < 4.78 is 12.3. The van der Waals surface area contributed by atoms with Gasteiger partial charge in [0, 0.05) is 17.5 Å². The highest BCUT2D eigenvalue weighted by Gasteiger charge is 2.23. The molecule has 2 heterocycles. The van der Waals surface area contributed by atoms with Gasteiger partial charge >= 0.3 is 5.76 Å². The topological polar surface area (TPSA) is 103 Å². The molecule has 1 N–H and O–H groups in total. The fourth-order valence-corrected chi connectivity index (χ4v) is 4.99. The van der Waals surface area contributed by atoms with Gasteiger partial charge in [-0.25, -0.2) is 9.78 Å². The molecular weight excluding hydrogens is 584 g/mol. The number of aryl methyl sites for hydroxylation is 2. The third kappa shape index (κ3) is 6.10. The Hall–Kier alpha value is -4.24. The van der Waals surface area contributed by atoms with Crippen LogP contribution in [0.5, 0.6) is 5.75 Å². The molecule has 8 nitrogen and oxygen atoms in total. The lowest BCUT2D eigenvalue weighted by Crippen LogP contribution is -2.28. The molecule has 0 aliphatic heterocycles. The van der Waals surface area contributed by atoms with Crippen molar-refractivity contribution in [2.45, 2.75) is 52.1 Å². The third-order valence-electron chi connectivity index (χ3n) is 7.11. The minimum atomic E-state index is -0.595. The molecule has 0 unspecified atom stereocenters. The van der Waals surface area contributed by atoms with Crippen LogP contribution >= 0.6 is 17.0 Å². The van der Waals surface area contributed by atoms with E-state index in [1.807, 2.05) is 79.7 Å². The normalized spacial score (nSPS) is 12.6. The van der Waals surface area contributed by atoms with Crippen LogP contribution < -0.4 is 16.1 Å². The van der Waals surface area contributed by atoms with Crippen LogP contribution in [0.25, 0.3) is 28.2 Å². The van der Waals surface area contributed by atoms with Gasteiger partial charge < -0.3 is 4.74 Å². The lowest BCUT2D eigenvalue weighted by molar-refractivity contribution is 0.303. The van der Waals surface area contributed by atoms with Crippen molar-refractivity contribution in [3.63, 3.8) is 0 Å². The molecule has 1 aliphatic carbocycles. The van der Waals surface area contributed by atoms with E-state index in [0.29, 0.717) is 29.7 Å². The Bertz CT molecular complexity index is 1770. The van der Waals surface area contributed by atoms with Crippen LogP contribution in [0.4, 0.5) is 0 Å². The molecule has 0 saturated heterocycles. The molecule has 1 fully saturated rings. The fourth-order valence-electron chi connectivity index (χ4n) is 4.99. The van der Waals surface area contributed by atoms with Crippen LogP contribution in [0.15, 0.2) is 86.9 Å². The largest absolute Gasteiger partial charge is 0.490 e. The number of aromatic amines is 1. The van der Waals surface area contributed by atoms with E-state index in [4.69, 9.17) is 14.2 Å². The molecule has 9 heteroatoms. The van der Waals surface area contributed by atoms with E-state index in [0.717, 1.165) is 65.1 Å². The van der Waals surface area contributed by atoms with Crippen molar-refractivity contribution >= 4 is 17.0 Å². The highest BCUT2D eigenvalue weighted by molar-refractivity contribution is 8.93. The van der Waals surface area contributed by atoms with E-state index in [1.165, 1.54) is 0 Å². The predicted octanol–water partition coefficient (Wildman–Crippen LogP) is 6.21. The number of hydrogen-bond donors (Lipinski definition) is 1. The van der Waals surface area contributed by atoms with Gasteiger partial charge in [-0.3, -0.25) is 18.9 Å². The van der Waals surface area contributed by atoms with Crippen molar-refractivity contribution in [3.8, 4) is 34.0 Å². The maximum Gasteiger partial charge on any atom is 0.439 e. The van der Waals surface area contributed by atoms with Crippen molar-refractivity contribution in [3.05, 3.63) is 116 Å². The second-order valence-electron chi connectivity index (χ2n) is 10.1. The average molecular weight is 616 g/mol. The van der Waals surface area contributed by atoms with Crippen LogP contribution in [0.2, 0.25) is 0 Å². The molecule has 5 aromatic rings. The van der Waals surface area contributed by atoms with Gasteiger partial charge in [-0.1, -0.05) is 67.0 Å². The van der Waals surface area contributed by atoms with E-state index < -0.39 is 5.76 Å². The molecular formula is C32H31BrN4O4. The summed E-state index contributed by atoms with van der Waals surface area (Å²) in [5.74, 6) is 1.28. The Morgan fingerprint density at radius 3 is 2.32 bits per heavy atom. The number of benzene rings is 3. The lowest BCUT2D eigenvalue weighted by atomic mass is 9.96. The predicted molar refractivity (Wildman–Crippen MR) is 163 cm³/mol. The SMILES string of the molecule is Br.CCCc1nc(C)n(-c2ccc(OC3CC3)cc2)c(=O)c1Cc1ccc(-c2ccccc2-c2noc(=O)[nH]2)cc1. The van der Waals surface area contributed by atoms with Gasteiger partial charge in [0.15, 0.2) is 5.82 Å². The Balaban J connectivity index is 0.00000337. The van der Waals surface area contributed by atoms with Gasteiger partial charge in [-0.2, -0.15) is 0 Å². The zero-order valence-corrected chi connectivity index (χ0v) is 24.6. The van der Waals surface area contributed by atoms with Crippen LogP contribution in [0.3, 0.4) is 0 Å². The average Bonchev–Trinajstić information content (AvgIpc) is 3.68. The molecule has 1 aliphatic rings. The Labute approximate surface area is 247 Å². The Morgan fingerprint density at radius 2 is 1.68 bits per heavy atom. The van der Waals surface area contributed by atoms with E-state index in [1.54, 1.807) is 4.57 Å². The van der Waals surface area contributed by atoms with Gasteiger partial charge in [0.05, 0.1) is 17.5 Å². The molecule has 0 spiro atoms. The second-order valence-corrected chi connectivity index (χ2v) is 10.1. The number of hydrogen-bond acceptors (Lipinski definition) is 6. The maximum absolute atomic E-state index is 13.9. The van der Waals surface area contributed by atoms with E-state index in [9.17, 15) is 9.59 Å². The van der Waals surface area contributed by atoms with Gasteiger partial charge in [0.2, 0.25) is 0 Å². The summed E-state index contributed by atoms with van der Waals surface area (Å²) in [4.78, 5) is 32.9. The summed E-state index contributed by atoms with van der Waals surface area (Å²) in [5.41, 5.74) is 5.94. The van der Waals surface area contributed by atoms with Crippen LogP contribution in [0.1, 0.15) is 48.8 Å². The summed E-state index contributed by atoms with van der Waals surface area (Å²) in [6, 6.07) is 23.5. The summed E-state index contributed by atoms with van der Waals surface area (Å²) in [6.45, 7) is 3.98. The molecule has 1 saturated carbocycles. The highest BCUT2D eigenvalue weighted by atomic mass is 79.9. The Morgan fingerprint density at radius 1 is 0.976 bits per heavy atom. The first-order chi connectivity index (χ1) is 19.5. The molecule has 0 bridgehead atoms. The van der Waals surface area contributed by atoms with Crippen molar-refractivity contribution in [2.24, 2.45) is 0 Å². The minimum absolute atomic E-state index is 0. The molecule has 41 heavy (non-hydrogen) atoms. The van der Waals surface area contributed by atoms with E-state index >= 15 is 0 Å². The standard InChI is InChI=1S/C32H30N4O4.BrH/c1-3-6-29-28(31(37)36(20(2)33-29)23-13-15-24(16-14-23)39-25-17-18-25)19-21-9-11-22(12-10-21)26-7-4-5-8-27(26)30-34-32(38)40-35-30;/h4-5,7-16,25H,3,6,17-19H2,1-2H3,(H,34,35,38);1H. The number of halogens is 1. The Kier molecular flexibility index (Phi) is 8.35. The quantitative estimate of drug-likeness (QED) is 0.212. The molecule has 3 aromatic carbocycles. The minimum Gasteiger partial charge on any atom is -0.490 e. The smallest absolute Gasteiger partial charge is 0.439 e. The van der Waals surface area contributed by atoms with Gasteiger partial charge in [-0.05, 0) is 67.1 Å². The van der Waals surface area contributed by atoms with E-state index in [2.05, 4.69) is 17.1 Å². The van der Waals surface area contributed by atoms with Crippen LogP contribution in [-0.4, -0.2) is 25.8 Å². The number of aromatic nitrogens is 4. The molecule has 6 rings (SSSR count). The van der Waals surface area contributed by atoms with Crippen molar-refractivity contribution < 1.29 is 9.26 Å². The summed E-state index contributed by atoms with van der Waals surface area (Å²) in [6.07, 6.45) is 4.63. The zero-order chi connectivity index (χ0) is 27.6. The first kappa shape index (κ1) is 28.3. The molecule has 2 aromatic heterocycles. The van der Waals surface area contributed by atoms with E-state index in [-0.39, 0.29) is 22.5 Å². The van der Waals surface area contributed by atoms with Crippen LogP contribution in [-0.2, 0) is 12.8 Å². The van der Waals surface area contributed by atoms with Crippen molar-refractivity contribution in [1.82, 2.24) is 19.7 Å². The third-order valence-corrected chi connectivity index (χ3v) is 7.11. The first-order valence-corrected chi connectivity index (χ1v) is 13.6. The van der Waals surface area contributed by atoms with Gasteiger partial charge in [0.25, 0.3) is 5.56 Å². The fraction of sp³-hybridized carbons (Fsp3) is 0.250. The maximum atomic E-state index is 13.9. The molecule has 0 radical (unpaired) electrons. The van der Waals surface area contributed by atoms with Crippen molar-refractivity contribution in [1.29, 1.82) is 0 Å². The lowest BCUT2D eigenvalue weighted by Gasteiger charge is -2.16. The summed E-state index contributed by atoms with van der Waals surface area (Å²) in [5, 5.41) is 3.85. The van der Waals surface area contributed by atoms with Gasteiger partial charge in [0.1, 0.15) is 11.6 Å².